The fourth-order valence-electron chi connectivity index (χ4n) is 2.12. The minimum atomic E-state index is -1.07. The van der Waals surface area contributed by atoms with Crippen LogP contribution in [0.3, 0.4) is 0 Å². The number of hydrogen-bond donors (Lipinski definition) is 2. The van der Waals surface area contributed by atoms with Crippen LogP contribution in [0.25, 0.3) is 0 Å². The predicted molar refractivity (Wildman–Crippen MR) is 68.8 cm³/mol. The lowest BCUT2D eigenvalue weighted by atomic mass is 10.1. The summed E-state index contributed by atoms with van der Waals surface area (Å²) in [6, 6.07) is 7.33. The topological polar surface area (TPSA) is 80.9 Å². The number of para-hydroxylation sites is 1. The number of carboxylic acid groups (broad SMARTS) is 1. The standard InChI is InChI=1S/C14H13NO5/c16-14(17)13-10(4-5-18-13)7-15-6-9-2-1-3-11-12(9)20-8-19-11/h1-5,15H,6-8H2,(H,16,17). The van der Waals surface area contributed by atoms with Gasteiger partial charge in [-0.05, 0) is 12.1 Å². The molecule has 3 rings (SSSR count). The third kappa shape index (κ3) is 2.33. The van der Waals surface area contributed by atoms with Crippen molar-refractivity contribution in [1.82, 2.24) is 5.32 Å². The number of nitrogens with one attached hydrogen (secondary N) is 1. The van der Waals surface area contributed by atoms with Crippen molar-refractivity contribution in [3.8, 4) is 11.5 Å². The minimum Gasteiger partial charge on any atom is -0.475 e. The maximum Gasteiger partial charge on any atom is 0.372 e. The highest BCUT2D eigenvalue weighted by Crippen LogP contribution is 2.35. The van der Waals surface area contributed by atoms with Gasteiger partial charge in [-0.25, -0.2) is 4.79 Å². The SMILES string of the molecule is O=C(O)c1occc1CNCc1cccc2c1OCO2. The molecule has 1 aliphatic rings. The summed E-state index contributed by atoms with van der Waals surface area (Å²) < 4.78 is 15.6. The summed E-state index contributed by atoms with van der Waals surface area (Å²) >= 11 is 0. The number of hydrogen-bond acceptors (Lipinski definition) is 5. The van der Waals surface area contributed by atoms with Crippen LogP contribution in [-0.2, 0) is 13.1 Å². The lowest BCUT2D eigenvalue weighted by Crippen LogP contribution is -2.14. The van der Waals surface area contributed by atoms with E-state index in [2.05, 4.69) is 5.32 Å². The average Bonchev–Trinajstić information content (AvgIpc) is 3.07. The first-order valence-electron chi connectivity index (χ1n) is 6.13. The van der Waals surface area contributed by atoms with Crippen LogP contribution < -0.4 is 14.8 Å². The molecule has 0 saturated heterocycles. The first-order valence-corrected chi connectivity index (χ1v) is 6.13. The van der Waals surface area contributed by atoms with E-state index in [0.29, 0.717) is 18.7 Å². The molecule has 6 nitrogen and oxygen atoms in total. The van der Waals surface area contributed by atoms with Crippen molar-refractivity contribution in [2.24, 2.45) is 0 Å². The summed E-state index contributed by atoms with van der Waals surface area (Å²) in [5.74, 6) is 0.379. The van der Waals surface area contributed by atoms with Gasteiger partial charge in [0.25, 0.3) is 0 Å². The number of rotatable bonds is 5. The monoisotopic (exact) mass is 275 g/mol. The number of carbonyl (C=O) groups is 1. The van der Waals surface area contributed by atoms with Gasteiger partial charge in [-0.1, -0.05) is 12.1 Å². The molecule has 0 atom stereocenters. The maximum absolute atomic E-state index is 10.9. The van der Waals surface area contributed by atoms with E-state index in [1.54, 1.807) is 6.07 Å². The summed E-state index contributed by atoms with van der Waals surface area (Å²) in [5.41, 5.74) is 1.59. The van der Waals surface area contributed by atoms with Crippen molar-refractivity contribution in [1.29, 1.82) is 0 Å². The highest BCUT2D eigenvalue weighted by Gasteiger charge is 2.17. The van der Waals surface area contributed by atoms with Crippen molar-refractivity contribution >= 4 is 5.97 Å². The summed E-state index contributed by atoms with van der Waals surface area (Å²) in [4.78, 5) is 10.9. The summed E-state index contributed by atoms with van der Waals surface area (Å²) in [5, 5.41) is 12.1. The Hall–Kier alpha value is -2.47. The van der Waals surface area contributed by atoms with E-state index in [0.717, 1.165) is 17.1 Å². The molecule has 6 heteroatoms. The second kappa shape index (κ2) is 5.26. The molecule has 20 heavy (non-hydrogen) atoms. The fraction of sp³-hybridized carbons (Fsp3) is 0.214. The van der Waals surface area contributed by atoms with Gasteiger partial charge >= 0.3 is 5.97 Å². The molecular weight excluding hydrogens is 262 g/mol. The third-order valence-corrected chi connectivity index (χ3v) is 3.05. The molecule has 2 N–H and O–H groups in total. The first kappa shape index (κ1) is 12.6. The third-order valence-electron chi connectivity index (χ3n) is 3.05. The van der Waals surface area contributed by atoms with Crippen molar-refractivity contribution in [2.45, 2.75) is 13.1 Å². The lowest BCUT2D eigenvalue weighted by molar-refractivity contribution is 0.0660. The molecule has 0 fully saturated rings. The van der Waals surface area contributed by atoms with E-state index in [1.807, 2.05) is 18.2 Å². The van der Waals surface area contributed by atoms with E-state index in [9.17, 15) is 4.79 Å². The zero-order valence-electron chi connectivity index (χ0n) is 10.6. The highest BCUT2D eigenvalue weighted by molar-refractivity contribution is 5.86. The Bertz CT molecular complexity index is 634. The second-order valence-electron chi connectivity index (χ2n) is 4.33. The Balaban J connectivity index is 1.65. The van der Waals surface area contributed by atoms with E-state index >= 15 is 0 Å². The van der Waals surface area contributed by atoms with Crippen LogP contribution in [-0.4, -0.2) is 17.9 Å². The van der Waals surface area contributed by atoms with E-state index in [1.165, 1.54) is 6.26 Å². The van der Waals surface area contributed by atoms with Gasteiger partial charge in [0.05, 0.1) is 6.26 Å². The van der Waals surface area contributed by atoms with Gasteiger partial charge in [-0.3, -0.25) is 0 Å². The second-order valence-corrected chi connectivity index (χ2v) is 4.33. The Kier molecular flexibility index (Phi) is 3.30. The summed E-state index contributed by atoms with van der Waals surface area (Å²) in [6.45, 7) is 1.19. The summed E-state index contributed by atoms with van der Waals surface area (Å²) in [6.07, 6.45) is 1.37. The predicted octanol–water partition coefficient (Wildman–Crippen LogP) is 2.00. The van der Waals surface area contributed by atoms with Crippen LogP contribution in [0.5, 0.6) is 11.5 Å². The minimum absolute atomic E-state index is 0.0321. The van der Waals surface area contributed by atoms with Crippen LogP contribution in [0.15, 0.2) is 34.9 Å². The molecule has 0 spiro atoms. The van der Waals surface area contributed by atoms with Crippen molar-refractivity contribution in [2.75, 3.05) is 6.79 Å². The Morgan fingerprint density at radius 2 is 2.05 bits per heavy atom. The van der Waals surface area contributed by atoms with Crippen LogP contribution in [0, 0.1) is 0 Å². The van der Waals surface area contributed by atoms with Crippen LogP contribution in [0.1, 0.15) is 21.7 Å². The molecule has 2 heterocycles. The Morgan fingerprint density at radius 1 is 1.20 bits per heavy atom. The average molecular weight is 275 g/mol. The van der Waals surface area contributed by atoms with E-state index < -0.39 is 5.97 Å². The zero-order valence-corrected chi connectivity index (χ0v) is 10.6. The molecule has 104 valence electrons. The van der Waals surface area contributed by atoms with Gasteiger partial charge in [0.1, 0.15) is 0 Å². The molecule has 0 aliphatic carbocycles. The summed E-state index contributed by atoms with van der Waals surface area (Å²) in [7, 11) is 0. The number of fused-ring (bicyclic) bond motifs is 1. The highest BCUT2D eigenvalue weighted by atomic mass is 16.7. The van der Waals surface area contributed by atoms with Gasteiger partial charge in [-0.15, -0.1) is 0 Å². The van der Waals surface area contributed by atoms with Crippen LogP contribution in [0.2, 0.25) is 0 Å². The van der Waals surface area contributed by atoms with Crippen molar-refractivity contribution in [3.63, 3.8) is 0 Å². The van der Waals surface area contributed by atoms with Gasteiger partial charge in [0, 0.05) is 24.2 Å². The molecule has 0 saturated carbocycles. The fourth-order valence-corrected chi connectivity index (χ4v) is 2.12. The van der Waals surface area contributed by atoms with Crippen LogP contribution in [0.4, 0.5) is 0 Å². The number of carboxylic acids is 1. The van der Waals surface area contributed by atoms with Crippen molar-refractivity contribution < 1.29 is 23.8 Å². The molecule has 0 radical (unpaired) electrons. The normalized spacial score (nSPS) is 12.6. The van der Waals surface area contributed by atoms with Crippen molar-refractivity contribution in [3.05, 3.63) is 47.4 Å². The quantitative estimate of drug-likeness (QED) is 0.868. The van der Waals surface area contributed by atoms with E-state index in [-0.39, 0.29) is 12.6 Å². The molecule has 0 amide bonds. The molecule has 1 aromatic carbocycles. The number of furan rings is 1. The van der Waals surface area contributed by atoms with Gasteiger partial charge in [0.2, 0.25) is 12.6 Å². The number of ether oxygens (including phenoxy) is 2. The zero-order chi connectivity index (χ0) is 13.9. The maximum atomic E-state index is 10.9. The molecule has 2 aromatic rings. The first-order chi connectivity index (χ1) is 9.75. The van der Waals surface area contributed by atoms with Gasteiger partial charge < -0.3 is 24.3 Å². The molecule has 0 bridgehead atoms. The Labute approximate surface area is 114 Å². The molecule has 1 aromatic heterocycles. The smallest absolute Gasteiger partial charge is 0.372 e. The molecular formula is C14H13NO5. The molecule has 0 unspecified atom stereocenters. The van der Waals surface area contributed by atoms with Gasteiger partial charge in [0.15, 0.2) is 11.5 Å². The lowest BCUT2D eigenvalue weighted by Gasteiger charge is -2.07. The molecule has 1 aliphatic heterocycles. The van der Waals surface area contributed by atoms with E-state index in [4.69, 9.17) is 19.0 Å². The number of benzene rings is 1. The van der Waals surface area contributed by atoms with Crippen LogP contribution >= 0.6 is 0 Å². The Morgan fingerprint density at radius 3 is 2.90 bits per heavy atom. The van der Waals surface area contributed by atoms with Gasteiger partial charge in [-0.2, -0.15) is 0 Å². The largest absolute Gasteiger partial charge is 0.475 e. The number of aromatic carboxylic acids is 1.